The summed E-state index contributed by atoms with van der Waals surface area (Å²) in [6.07, 6.45) is 5.26. The summed E-state index contributed by atoms with van der Waals surface area (Å²) in [5.41, 5.74) is 1.33. The third-order valence-electron chi connectivity index (χ3n) is 2.91. The molecule has 1 unspecified atom stereocenters. The number of nitrogens with zero attached hydrogens (tertiary/aromatic N) is 1. The first-order chi connectivity index (χ1) is 8.77. The van der Waals surface area contributed by atoms with Gasteiger partial charge in [-0.25, -0.2) is 0 Å². The van der Waals surface area contributed by atoms with E-state index in [-0.39, 0.29) is 0 Å². The van der Waals surface area contributed by atoms with Gasteiger partial charge >= 0.3 is 0 Å². The predicted molar refractivity (Wildman–Crippen MR) is 73.8 cm³/mol. The molecule has 1 atom stereocenters. The molecule has 1 aromatic rings. The van der Waals surface area contributed by atoms with Crippen LogP contribution in [-0.2, 0) is 16.0 Å². The van der Waals surface area contributed by atoms with Gasteiger partial charge in [0.05, 0.1) is 6.61 Å². The lowest BCUT2D eigenvalue weighted by Crippen LogP contribution is -2.17. The fraction of sp³-hybridized carbons (Fsp3) is 0.714. The van der Waals surface area contributed by atoms with Crippen LogP contribution in [0.1, 0.15) is 31.9 Å². The van der Waals surface area contributed by atoms with Crippen molar-refractivity contribution in [2.24, 2.45) is 0 Å². The molecule has 4 nitrogen and oxygen atoms in total. The van der Waals surface area contributed by atoms with Crippen LogP contribution < -0.4 is 5.32 Å². The first kappa shape index (κ1) is 15.2. The molecule has 0 aliphatic carbocycles. The van der Waals surface area contributed by atoms with Gasteiger partial charge in [-0.15, -0.1) is 0 Å². The first-order valence-corrected chi connectivity index (χ1v) is 6.73. The molecule has 0 spiro atoms. The normalized spacial score (nSPS) is 12.8. The summed E-state index contributed by atoms with van der Waals surface area (Å²) in [5.74, 6) is 0. The molecule has 1 rings (SSSR count). The standard InChI is InChI=1S/C14H26N2O2/c1-4-15-13(2)14-6-7-16(12-14)8-11-18-10-5-9-17-3/h6-7,12-13,15H,4-5,8-11H2,1-3H3. The second-order valence-corrected chi connectivity index (χ2v) is 4.42. The van der Waals surface area contributed by atoms with Crippen molar-refractivity contribution in [3.63, 3.8) is 0 Å². The molecule has 0 bridgehead atoms. The van der Waals surface area contributed by atoms with Crippen LogP contribution in [-0.4, -0.2) is 38.0 Å². The van der Waals surface area contributed by atoms with Crippen LogP contribution in [0, 0.1) is 0 Å². The summed E-state index contributed by atoms with van der Waals surface area (Å²) in [6, 6.07) is 2.58. The minimum atomic E-state index is 0.416. The maximum Gasteiger partial charge on any atom is 0.0645 e. The van der Waals surface area contributed by atoms with Gasteiger partial charge in [-0.1, -0.05) is 6.92 Å². The molecule has 1 heterocycles. The zero-order chi connectivity index (χ0) is 13.2. The molecule has 0 amide bonds. The highest BCUT2D eigenvalue weighted by Gasteiger charge is 2.04. The molecular formula is C14H26N2O2. The monoisotopic (exact) mass is 254 g/mol. The van der Waals surface area contributed by atoms with E-state index in [4.69, 9.17) is 9.47 Å². The third kappa shape index (κ3) is 5.67. The van der Waals surface area contributed by atoms with E-state index in [1.807, 2.05) is 0 Å². The Hall–Kier alpha value is -0.840. The lowest BCUT2D eigenvalue weighted by molar-refractivity contribution is 0.0977. The van der Waals surface area contributed by atoms with Crippen LogP contribution in [0.25, 0.3) is 0 Å². The molecule has 18 heavy (non-hydrogen) atoms. The molecular weight excluding hydrogens is 228 g/mol. The molecule has 104 valence electrons. The molecule has 0 aromatic carbocycles. The van der Waals surface area contributed by atoms with Crippen molar-refractivity contribution in [3.8, 4) is 0 Å². The smallest absolute Gasteiger partial charge is 0.0645 e. The van der Waals surface area contributed by atoms with Gasteiger partial charge in [0.15, 0.2) is 0 Å². The quantitative estimate of drug-likeness (QED) is 0.650. The Kier molecular flexibility index (Phi) is 7.73. The van der Waals surface area contributed by atoms with Gasteiger partial charge in [0.25, 0.3) is 0 Å². The predicted octanol–water partition coefficient (Wildman–Crippen LogP) is 2.21. The summed E-state index contributed by atoms with van der Waals surface area (Å²) in [6.45, 7) is 8.52. The van der Waals surface area contributed by atoms with Crippen molar-refractivity contribution in [3.05, 3.63) is 24.0 Å². The number of rotatable bonds is 10. The van der Waals surface area contributed by atoms with Crippen LogP contribution in [0.2, 0.25) is 0 Å². The number of methoxy groups -OCH3 is 1. The topological polar surface area (TPSA) is 35.4 Å². The average molecular weight is 254 g/mol. The zero-order valence-electron chi connectivity index (χ0n) is 11.8. The van der Waals surface area contributed by atoms with E-state index in [9.17, 15) is 0 Å². The van der Waals surface area contributed by atoms with Gasteiger partial charge in [-0.2, -0.15) is 0 Å². The van der Waals surface area contributed by atoms with Crippen LogP contribution in [0.15, 0.2) is 18.5 Å². The van der Waals surface area contributed by atoms with E-state index < -0.39 is 0 Å². The molecule has 0 aliphatic heterocycles. The van der Waals surface area contributed by atoms with Gasteiger partial charge in [0.2, 0.25) is 0 Å². The van der Waals surface area contributed by atoms with Crippen molar-refractivity contribution in [2.45, 2.75) is 32.9 Å². The van der Waals surface area contributed by atoms with Gasteiger partial charge in [0, 0.05) is 45.3 Å². The van der Waals surface area contributed by atoms with Crippen LogP contribution in [0.4, 0.5) is 0 Å². The van der Waals surface area contributed by atoms with Gasteiger partial charge in [-0.05, 0) is 31.5 Å². The fourth-order valence-electron chi connectivity index (χ4n) is 1.86. The largest absolute Gasteiger partial charge is 0.385 e. The highest BCUT2D eigenvalue weighted by molar-refractivity contribution is 5.14. The van der Waals surface area contributed by atoms with Crippen LogP contribution in [0.3, 0.4) is 0 Å². The van der Waals surface area contributed by atoms with E-state index in [0.29, 0.717) is 6.04 Å². The first-order valence-electron chi connectivity index (χ1n) is 6.73. The maximum atomic E-state index is 5.54. The summed E-state index contributed by atoms with van der Waals surface area (Å²) >= 11 is 0. The van der Waals surface area contributed by atoms with E-state index in [1.165, 1.54) is 5.56 Å². The van der Waals surface area contributed by atoms with Gasteiger partial charge in [0.1, 0.15) is 0 Å². The van der Waals surface area contributed by atoms with Crippen molar-refractivity contribution in [2.75, 3.05) is 33.5 Å². The number of hydrogen-bond donors (Lipinski definition) is 1. The molecule has 0 saturated carbocycles. The van der Waals surface area contributed by atoms with E-state index in [1.54, 1.807) is 7.11 Å². The summed E-state index contributed by atoms with van der Waals surface area (Å²) in [5, 5.41) is 3.41. The van der Waals surface area contributed by atoms with Crippen LogP contribution >= 0.6 is 0 Å². The molecule has 4 heteroatoms. The van der Waals surface area contributed by atoms with Crippen molar-refractivity contribution in [1.29, 1.82) is 0 Å². The Labute approximate surface area is 110 Å². The zero-order valence-corrected chi connectivity index (χ0v) is 11.8. The lowest BCUT2D eigenvalue weighted by atomic mass is 10.2. The summed E-state index contributed by atoms with van der Waals surface area (Å²) in [7, 11) is 1.72. The number of nitrogens with one attached hydrogen (secondary N) is 1. The number of aromatic nitrogens is 1. The van der Waals surface area contributed by atoms with Gasteiger partial charge < -0.3 is 19.4 Å². The van der Waals surface area contributed by atoms with E-state index in [2.05, 4.69) is 42.2 Å². The maximum absolute atomic E-state index is 5.54. The highest BCUT2D eigenvalue weighted by Crippen LogP contribution is 2.12. The molecule has 1 aromatic heterocycles. The van der Waals surface area contributed by atoms with E-state index >= 15 is 0 Å². The Morgan fingerprint density at radius 2 is 2.17 bits per heavy atom. The molecule has 1 N–H and O–H groups in total. The second-order valence-electron chi connectivity index (χ2n) is 4.42. The SMILES string of the molecule is CCNC(C)c1ccn(CCOCCCOC)c1. The van der Waals surface area contributed by atoms with Crippen molar-refractivity contribution < 1.29 is 9.47 Å². The second kappa shape index (κ2) is 9.14. The van der Waals surface area contributed by atoms with Gasteiger partial charge in [-0.3, -0.25) is 0 Å². The molecule has 0 aliphatic rings. The Bertz CT molecular complexity index is 312. The Morgan fingerprint density at radius 1 is 1.33 bits per heavy atom. The highest BCUT2D eigenvalue weighted by atomic mass is 16.5. The third-order valence-corrected chi connectivity index (χ3v) is 2.91. The number of ether oxygens (including phenoxy) is 2. The summed E-state index contributed by atoms with van der Waals surface area (Å²) in [4.78, 5) is 0. The molecule has 0 saturated heterocycles. The fourth-order valence-corrected chi connectivity index (χ4v) is 1.86. The Balaban J connectivity index is 2.19. The minimum Gasteiger partial charge on any atom is -0.385 e. The summed E-state index contributed by atoms with van der Waals surface area (Å²) < 4.78 is 12.7. The Morgan fingerprint density at radius 3 is 2.89 bits per heavy atom. The number of hydrogen-bond acceptors (Lipinski definition) is 3. The average Bonchev–Trinajstić information content (AvgIpc) is 2.83. The van der Waals surface area contributed by atoms with Crippen molar-refractivity contribution in [1.82, 2.24) is 9.88 Å². The molecule has 0 fully saturated rings. The van der Waals surface area contributed by atoms with E-state index in [0.717, 1.165) is 39.3 Å². The molecule has 0 radical (unpaired) electrons. The lowest BCUT2D eigenvalue weighted by Gasteiger charge is -2.10. The van der Waals surface area contributed by atoms with Crippen LogP contribution in [0.5, 0.6) is 0 Å². The van der Waals surface area contributed by atoms with Crippen molar-refractivity contribution >= 4 is 0 Å². The minimum absolute atomic E-state index is 0.416.